The molecule has 0 fully saturated rings. The van der Waals surface area contributed by atoms with Crippen molar-refractivity contribution in [2.24, 2.45) is 4.99 Å². The van der Waals surface area contributed by atoms with Gasteiger partial charge in [0, 0.05) is 37.6 Å². The standard InChI is InChI=1S/C19H27ClN4OS.HI/c1-5-21-19(22-10-9-15-7-6-8-16(20)11-15)24(3)12-17-13-26-18(23-17)14(2)25-4;/h6-8,11,13-14H,5,9-10,12H2,1-4H3,(H,21,22);1H. The molecule has 2 rings (SSSR count). The van der Waals surface area contributed by atoms with Crippen LogP contribution < -0.4 is 5.32 Å². The molecule has 1 aromatic heterocycles. The van der Waals surface area contributed by atoms with E-state index in [4.69, 9.17) is 21.3 Å². The number of thiazole rings is 1. The van der Waals surface area contributed by atoms with E-state index in [9.17, 15) is 0 Å². The van der Waals surface area contributed by atoms with Gasteiger partial charge in [-0.1, -0.05) is 23.7 Å². The number of nitrogens with one attached hydrogen (secondary N) is 1. The van der Waals surface area contributed by atoms with Crippen LogP contribution in [0.2, 0.25) is 5.02 Å². The van der Waals surface area contributed by atoms with Crippen molar-refractivity contribution in [1.29, 1.82) is 0 Å². The van der Waals surface area contributed by atoms with E-state index >= 15 is 0 Å². The monoisotopic (exact) mass is 522 g/mol. The van der Waals surface area contributed by atoms with Gasteiger partial charge in [0.2, 0.25) is 0 Å². The summed E-state index contributed by atoms with van der Waals surface area (Å²) in [7, 11) is 3.73. The predicted molar refractivity (Wildman–Crippen MR) is 126 cm³/mol. The van der Waals surface area contributed by atoms with Crippen LogP contribution in [0.1, 0.15) is 36.2 Å². The molecule has 1 unspecified atom stereocenters. The molecule has 0 aliphatic carbocycles. The first-order valence-corrected chi connectivity index (χ1v) is 10.00. The number of halogens is 2. The molecular weight excluding hydrogens is 495 g/mol. The topological polar surface area (TPSA) is 49.8 Å². The van der Waals surface area contributed by atoms with Gasteiger partial charge < -0.3 is 15.0 Å². The third kappa shape index (κ3) is 7.93. The van der Waals surface area contributed by atoms with Crippen molar-refractivity contribution in [1.82, 2.24) is 15.2 Å². The number of aromatic nitrogens is 1. The van der Waals surface area contributed by atoms with Gasteiger partial charge in [-0.05, 0) is 38.0 Å². The zero-order chi connectivity index (χ0) is 18.9. The number of nitrogens with zero attached hydrogens (tertiary/aromatic N) is 3. The van der Waals surface area contributed by atoms with Crippen LogP contribution in [0.3, 0.4) is 0 Å². The van der Waals surface area contributed by atoms with E-state index in [2.05, 4.69) is 33.6 Å². The number of guanidine groups is 1. The van der Waals surface area contributed by atoms with Gasteiger partial charge in [0.15, 0.2) is 5.96 Å². The lowest BCUT2D eigenvalue weighted by Crippen LogP contribution is -2.38. The summed E-state index contributed by atoms with van der Waals surface area (Å²) in [5.74, 6) is 0.879. The number of ether oxygens (including phenoxy) is 1. The number of hydrogen-bond acceptors (Lipinski definition) is 4. The van der Waals surface area contributed by atoms with E-state index < -0.39 is 0 Å². The molecule has 27 heavy (non-hydrogen) atoms. The van der Waals surface area contributed by atoms with Crippen LogP contribution in [-0.4, -0.2) is 43.1 Å². The Kier molecular flexibility index (Phi) is 11.2. The molecule has 5 nitrogen and oxygen atoms in total. The molecule has 2 aromatic rings. The van der Waals surface area contributed by atoms with Gasteiger partial charge >= 0.3 is 0 Å². The van der Waals surface area contributed by atoms with Crippen molar-refractivity contribution < 1.29 is 4.74 Å². The molecule has 0 spiro atoms. The van der Waals surface area contributed by atoms with Gasteiger partial charge in [0.1, 0.15) is 11.1 Å². The second-order valence-corrected chi connectivity index (χ2v) is 7.35. The van der Waals surface area contributed by atoms with Crippen molar-refractivity contribution in [3.8, 4) is 0 Å². The molecule has 1 heterocycles. The zero-order valence-electron chi connectivity index (χ0n) is 16.2. The first-order chi connectivity index (χ1) is 12.5. The van der Waals surface area contributed by atoms with E-state index in [0.717, 1.165) is 34.6 Å². The molecule has 1 atom stereocenters. The van der Waals surface area contributed by atoms with Crippen LogP contribution in [0, 0.1) is 0 Å². The maximum atomic E-state index is 6.04. The van der Waals surface area contributed by atoms with E-state index in [1.54, 1.807) is 18.4 Å². The molecule has 0 radical (unpaired) electrons. The SMILES string of the molecule is CCNC(=NCCc1cccc(Cl)c1)N(C)Cc1csc(C(C)OC)n1.I. The van der Waals surface area contributed by atoms with Gasteiger partial charge in [-0.2, -0.15) is 0 Å². The summed E-state index contributed by atoms with van der Waals surface area (Å²) in [5, 5.41) is 7.18. The van der Waals surface area contributed by atoms with E-state index in [1.165, 1.54) is 5.56 Å². The minimum absolute atomic E-state index is 0. The predicted octanol–water partition coefficient (Wildman–Crippen LogP) is 4.76. The van der Waals surface area contributed by atoms with Crippen LogP contribution in [0.4, 0.5) is 0 Å². The summed E-state index contributed by atoms with van der Waals surface area (Å²) in [4.78, 5) is 11.5. The number of benzene rings is 1. The van der Waals surface area contributed by atoms with Gasteiger partial charge in [-0.3, -0.25) is 4.99 Å². The quantitative estimate of drug-likeness (QED) is 0.308. The van der Waals surface area contributed by atoms with Crippen molar-refractivity contribution in [2.45, 2.75) is 32.9 Å². The minimum Gasteiger partial charge on any atom is -0.375 e. The van der Waals surface area contributed by atoms with Crippen LogP contribution in [0.15, 0.2) is 34.6 Å². The lowest BCUT2D eigenvalue weighted by atomic mass is 10.1. The van der Waals surface area contributed by atoms with Crippen molar-refractivity contribution >= 4 is 52.9 Å². The summed E-state index contributed by atoms with van der Waals surface area (Å²) in [5.41, 5.74) is 2.22. The smallest absolute Gasteiger partial charge is 0.194 e. The second kappa shape index (κ2) is 12.5. The Morgan fingerprint density at radius 1 is 1.44 bits per heavy atom. The Morgan fingerprint density at radius 3 is 2.89 bits per heavy atom. The first-order valence-electron chi connectivity index (χ1n) is 8.74. The molecular formula is C19H28ClIN4OS. The van der Waals surface area contributed by atoms with Gasteiger partial charge in [0.25, 0.3) is 0 Å². The summed E-state index contributed by atoms with van der Waals surface area (Å²) >= 11 is 7.67. The van der Waals surface area contributed by atoms with E-state index in [1.807, 2.05) is 32.2 Å². The van der Waals surface area contributed by atoms with E-state index in [0.29, 0.717) is 13.1 Å². The molecule has 0 aliphatic rings. The Hall–Kier alpha value is -0.900. The highest BCUT2D eigenvalue weighted by Gasteiger charge is 2.12. The summed E-state index contributed by atoms with van der Waals surface area (Å²) < 4.78 is 5.33. The Labute approximate surface area is 188 Å². The summed E-state index contributed by atoms with van der Waals surface area (Å²) in [6.45, 7) is 6.31. The average molecular weight is 523 g/mol. The van der Waals surface area contributed by atoms with Crippen molar-refractivity contribution in [2.75, 3.05) is 27.2 Å². The van der Waals surface area contributed by atoms with Crippen LogP contribution in [0.5, 0.6) is 0 Å². The third-order valence-electron chi connectivity index (χ3n) is 3.92. The fourth-order valence-electron chi connectivity index (χ4n) is 2.45. The van der Waals surface area contributed by atoms with Crippen LogP contribution in [0.25, 0.3) is 0 Å². The molecule has 0 amide bonds. The van der Waals surface area contributed by atoms with Gasteiger partial charge in [0.05, 0.1) is 12.2 Å². The normalized spacial score (nSPS) is 12.4. The fourth-order valence-corrected chi connectivity index (χ4v) is 3.51. The highest BCUT2D eigenvalue weighted by atomic mass is 127. The number of methoxy groups -OCH3 is 1. The molecule has 8 heteroatoms. The summed E-state index contributed by atoms with van der Waals surface area (Å²) in [6, 6.07) is 7.92. The average Bonchev–Trinajstić information content (AvgIpc) is 3.09. The lowest BCUT2D eigenvalue weighted by molar-refractivity contribution is 0.119. The zero-order valence-corrected chi connectivity index (χ0v) is 20.1. The molecule has 0 aliphatic heterocycles. The first kappa shape index (κ1) is 24.1. The molecule has 0 saturated heterocycles. The maximum absolute atomic E-state index is 6.04. The Balaban J connectivity index is 0.00000364. The minimum atomic E-state index is 0. The largest absolute Gasteiger partial charge is 0.375 e. The molecule has 0 bridgehead atoms. The Bertz CT molecular complexity index is 725. The Morgan fingerprint density at radius 2 is 2.22 bits per heavy atom. The number of rotatable bonds is 8. The number of aliphatic imine (C=N–C) groups is 1. The van der Waals surface area contributed by atoms with Crippen molar-refractivity contribution in [3.63, 3.8) is 0 Å². The fraction of sp³-hybridized carbons (Fsp3) is 0.474. The maximum Gasteiger partial charge on any atom is 0.194 e. The number of hydrogen-bond donors (Lipinski definition) is 1. The van der Waals surface area contributed by atoms with Crippen molar-refractivity contribution in [3.05, 3.63) is 50.9 Å². The third-order valence-corrected chi connectivity index (χ3v) is 5.21. The highest BCUT2D eigenvalue weighted by molar-refractivity contribution is 14.0. The second-order valence-electron chi connectivity index (χ2n) is 6.03. The highest BCUT2D eigenvalue weighted by Crippen LogP contribution is 2.21. The van der Waals surface area contributed by atoms with Crippen LogP contribution >= 0.6 is 46.9 Å². The lowest BCUT2D eigenvalue weighted by Gasteiger charge is -2.21. The molecule has 150 valence electrons. The van der Waals surface area contributed by atoms with Gasteiger partial charge in [-0.15, -0.1) is 35.3 Å². The molecule has 1 N–H and O–H groups in total. The molecule has 0 saturated carbocycles. The van der Waals surface area contributed by atoms with E-state index in [-0.39, 0.29) is 30.1 Å². The van der Waals surface area contributed by atoms with Crippen LogP contribution in [-0.2, 0) is 17.7 Å². The summed E-state index contributed by atoms with van der Waals surface area (Å²) in [6.07, 6.45) is 0.883. The van der Waals surface area contributed by atoms with Gasteiger partial charge in [-0.25, -0.2) is 4.98 Å². The molecule has 1 aromatic carbocycles.